The van der Waals surface area contributed by atoms with Crippen LogP contribution in [-0.4, -0.2) is 22.0 Å². The van der Waals surface area contributed by atoms with Gasteiger partial charge in [0.05, 0.1) is 22.0 Å². The molecule has 0 aliphatic carbocycles. The quantitative estimate of drug-likeness (QED) is 0.655. The standard InChI is InChI=1S/C2H9B3.3ClH.Rh/c1-2-4-5-3;;;;/h4-5H,2-3H2,1H3;3*1H;/q;;;;+3/p-3. The zero-order valence-corrected chi connectivity index (χ0v) is 9.50. The van der Waals surface area contributed by atoms with Crippen molar-refractivity contribution in [2.75, 3.05) is 0 Å². The molecule has 0 radical (unpaired) electrons. The van der Waals surface area contributed by atoms with Crippen LogP contribution in [0.3, 0.4) is 0 Å². The number of hydrogen-bond donors (Lipinski definition) is 0. The summed E-state index contributed by atoms with van der Waals surface area (Å²) in [7, 11) is 19.8. The molecule has 7 heteroatoms. The Hall–Kier alpha value is 1.69. The third-order valence-electron chi connectivity index (χ3n) is 0.707. The topological polar surface area (TPSA) is 0 Å². The van der Waals surface area contributed by atoms with Gasteiger partial charge in [-0.25, -0.2) is 0 Å². The van der Waals surface area contributed by atoms with E-state index in [1.54, 1.807) is 0 Å². The van der Waals surface area contributed by atoms with Gasteiger partial charge in [-0.15, -0.1) is 0 Å². The van der Waals surface area contributed by atoms with Gasteiger partial charge in [0.15, 0.2) is 0 Å². The van der Waals surface area contributed by atoms with Gasteiger partial charge in [-0.3, -0.25) is 0 Å². The summed E-state index contributed by atoms with van der Waals surface area (Å²) in [4.78, 5) is 0. The molecule has 0 saturated carbocycles. The van der Waals surface area contributed by atoms with E-state index in [0.29, 0.717) is 0 Å². The van der Waals surface area contributed by atoms with Crippen LogP contribution < -0.4 is 0 Å². The fourth-order valence-corrected chi connectivity index (χ4v) is 0.354. The molecule has 0 aromatic heterocycles. The van der Waals surface area contributed by atoms with Crippen LogP contribution in [0.15, 0.2) is 0 Å². The Kier molecular flexibility index (Phi) is 18.3. The minimum absolute atomic E-state index is 1.34. The van der Waals surface area contributed by atoms with Crippen molar-refractivity contribution >= 4 is 51.0 Å². The summed E-state index contributed by atoms with van der Waals surface area (Å²) in [6.45, 7) is 2.21. The van der Waals surface area contributed by atoms with Gasteiger partial charge in [0.1, 0.15) is 0 Å². The summed E-state index contributed by atoms with van der Waals surface area (Å²) in [6, 6.07) is 0. The molecule has 0 saturated heterocycles. The summed E-state index contributed by atoms with van der Waals surface area (Å²) in [5.41, 5.74) is 0. The van der Waals surface area contributed by atoms with Crippen LogP contribution in [-0.2, 0) is 13.0 Å². The molecule has 0 rings (SSSR count). The van der Waals surface area contributed by atoms with Crippen LogP contribution in [0.5, 0.6) is 0 Å². The molecule has 0 atom stereocenters. The van der Waals surface area contributed by atoms with Crippen LogP contribution in [0.4, 0.5) is 0 Å². The average Bonchev–Trinajstić information content (AvgIpc) is 1.66. The molecule has 0 bridgehead atoms. The Bertz CT molecular complexity index is 41.3. The molecule has 0 heterocycles. The summed E-state index contributed by atoms with van der Waals surface area (Å²) in [6.07, 6.45) is 1.34. The fraction of sp³-hybridized carbons (Fsp3) is 1.00. The predicted octanol–water partition coefficient (Wildman–Crippen LogP) is 0.827. The minimum atomic E-state index is -1.66. The first-order valence-electron chi connectivity index (χ1n) is 2.79. The van der Waals surface area contributed by atoms with Crippen LogP contribution in [0.25, 0.3) is 0 Å². The van der Waals surface area contributed by atoms with E-state index in [2.05, 4.69) is 14.7 Å². The van der Waals surface area contributed by atoms with Crippen LogP contribution in [0.1, 0.15) is 6.92 Å². The third kappa shape index (κ3) is 42.1. The van der Waals surface area contributed by atoms with Crippen molar-refractivity contribution in [3.63, 3.8) is 0 Å². The molecule has 0 fully saturated rings. The fourth-order valence-electron chi connectivity index (χ4n) is 0.354. The van der Waals surface area contributed by atoms with E-state index in [-0.39, 0.29) is 0 Å². The zero-order chi connectivity index (χ0) is 7.70. The van der Waals surface area contributed by atoms with E-state index in [1.807, 2.05) is 0 Å². The molecule has 0 N–H and O–H groups in total. The van der Waals surface area contributed by atoms with Gasteiger partial charge in [0, 0.05) is 0 Å². The van der Waals surface area contributed by atoms with Crippen molar-refractivity contribution in [2.24, 2.45) is 0 Å². The van der Waals surface area contributed by atoms with Gasteiger partial charge in [0.25, 0.3) is 0 Å². The second-order valence-corrected chi connectivity index (χ2v) is 8.96. The molecular weight excluding hydrogens is 266 g/mol. The number of halogens is 3. The molecule has 0 aliphatic heterocycles. The van der Waals surface area contributed by atoms with Crippen molar-refractivity contribution in [3.8, 4) is 0 Å². The second kappa shape index (κ2) is 12.4. The van der Waals surface area contributed by atoms with Crippen LogP contribution in [0.2, 0.25) is 6.32 Å². The van der Waals surface area contributed by atoms with E-state index >= 15 is 0 Å². The van der Waals surface area contributed by atoms with E-state index in [9.17, 15) is 0 Å². The Labute approximate surface area is 76.9 Å². The summed E-state index contributed by atoms with van der Waals surface area (Å²) < 4.78 is 0. The van der Waals surface area contributed by atoms with Gasteiger partial charge >= 0.3 is 42.1 Å². The first-order valence-corrected chi connectivity index (χ1v) is 9.12. The monoisotopic (exact) mass is 274 g/mol. The Balaban J connectivity index is 0. The SMILES string of the molecule is BBBCC.[Cl][Rh]([Cl])[Cl]. The predicted molar refractivity (Wildman–Crippen MR) is 50.9 cm³/mol. The normalized spacial score (nSPS) is 8.67. The molecule has 9 heavy (non-hydrogen) atoms. The van der Waals surface area contributed by atoms with Crippen LogP contribution >= 0.6 is 29.1 Å². The van der Waals surface area contributed by atoms with E-state index < -0.39 is 13.0 Å². The Morgan fingerprint density at radius 1 is 1.44 bits per heavy atom. The van der Waals surface area contributed by atoms with E-state index in [4.69, 9.17) is 29.1 Å². The molecule has 0 nitrogen and oxygen atoms in total. The average molecular weight is 275 g/mol. The van der Waals surface area contributed by atoms with Gasteiger partial charge in [-0.05, 0) is 0 Å². The van der Waals surface area contributed by atoms with E-state index in [1.165, 1.54) is 20.6 Å². The second-order valence-electron chi connectivity index (χ2n) is 1.50. The molecule has 0 unspecified atom stereocenters. The molecular formula is C2H9B3Cl3Rh. The summed E-state index contributed by atoms with van der Waals surface area (Å²) >= 11 is -1.66. The first kappa shape index (κ1) is 13.3. The number of rotatable bonds is 2. The third-order valence-corrected chi connectivity index (χ3v) is 0.707. The Morgan fingerprint density at radius 3 is 1.78 bits per heavy atom. The summed E-state index contributed by atoms with van der Waals surface area (Å²) in [5, 5.41) is 0. The number of hydrogen-bond acceptors (Lipinski definition) is 0. The summed E-state index contributed by atoms with van der Waals surface area (Å²) in [5.74, 6) is 0. The van der Waals surface area contributed by atoms with Crippen molar-refractivity contribution in [1.82, 2.24) is 0 Å². The molecule has 0 aromatic rings. The van der Waals surface area contributed by atoms with Gasteiger partial charge in [0.2, 0.25) is 0 Å². The molecule has 0 spiro atoms. The molecule has 0 aromatic carbocycles. The van der Waals surface area contributed by atoms with E-state index in [0.717, 1.165) is 0 Å². The van der Waals surface area contributed by atoms with Crippen molar-refractivity contribution in [1.29, 1.82) is 0 Å². The maximum atomic E-state index is 4.94. The van der Waals surface area contributed by atoms with Crippen molar-refractivity contribution < 1.29 is 13.0 Å². The van der Waals surface area contributed by atoms with Gasteiger partial charge < -0.3 is 0 Å². The molecule has 0 aliphatic rings. The van der Waals surface area contributed by atoms with Crippen LogP contribution in [0, 0.1) is 0 Å². The Morgan fingerprint density at radius 2 is 1.78 bits per heavy atom. The van der Waals surface area contributed by atoms with Gasteiger partial charge in [-0.2, -0.15) is 0 Å². The first-order chi connectivity index (χ1) is 4.15. The van der Waals surface area contributed by atoms with Crippen molar-refractivity contribution in [2.45, 2.75) is 13.2 Å². The molecule has 56 valence electrons. The maximum absolute atomic E-state index is 4.94. The zero-order valence-electron chi connectivity index (χ0n) is 5.59. The van der Waals surface area contributed by atoms with Crippen molar-refractivity contribution in [3.05, 3.63) is 0 Å². The van der Waals surface area contributed by atoms with Gasteiger partial charge in [-0.1, -0.05) is 13.2 Å². The molecule has 0 amide bonds.